The highest BCUT2D eigenvalue weighted by Crippen LogP contribution is 2.13. The van der Waals surface area contributed by atoms with E-state index in [0.29, 0.717) is 5.56 Å². The van der Waals surface area contributed by atoms with Crippen LogP contribution in [-0.4, -0.2) is 23.7 Å². The molecule has 0 fully saturated rings. The lowest BCUT2D eigenvalue weighted by molar-refractivity contribution is 0.0915. The number of rotatable bonds is 4. The first-order valence-electron chi connectivity index (χ1n) is 5.95. The summed E-state index contributed by atoms with van der Waals surface area (Å²) in [6.07, 6.45) is 0. The van der Waals surface area contributed by atoms with Crippen molar-refractivity contribution in [2.45, 2.75) is 33.7 Å². The second-order valence-electron chi connectivity index (χ2n) is 4.67. The van der Waals surface area contributed by atoms with E-state index >= 15 is 0 Å². The number of amides is 1. The maximum atomic E-state index is 12.1. The van der Waals surface area contributed by atoms with Crippen LogP contribution in [0.5, 0.6) is 0 Å². The van der Waals surface area contributed by atoms with E-state index < -0.39 is 0 Å². The van der Waals surface area contributed by atoms with E-state index in [9.17, 15) is 4.79 Å². The molecule has 1 amide bonds. The Balaban J connectivity index is 2.80. The van der Waals surface area contributed by atoms with Crippen LogP contribution < -0.4 is 5.32 Å². The summed E-state index contributed by atoms with van der Waals surface area (Å²) in [7, 11) is 0. The third kappa shape index (κ3) is 3.30. The molecule has 2 unspecified atom stereocenters. The molecule has 3 nitrogen and oxygen atoms in total. The summed E-state index contributed by atoms with van der Waals surface area (Å²) in [6, 6.07) is 5.67. The molecule has 0 aliphatic carbocycles. The second-order valence-corrected chi connectivity index (χ2v) is 4.67. The predicted molar refractivity (Wildman–Crippen MR) is 69.1 cm³/mol. The van der Waals surface area contributed by atoms with Gasteiger partial charge in [0.05, 0.1) is 0 Å². The van der Waals surface area contributed by atoms with Crippen LogP contribution in [0.15, 0.2) is 18.2 Å². The third-order valence-electron chi connectivity index (χ3n) is 3.35. The molecule has 0 saturated carbocycles. The Bertz CT molecular complexity index is 401. The molecule has 0 spiro atoms. The zero-order chi connectivity index (χ0) is 13.0. The molecule has 0 aromatic heterocycles. The Morgan fingerprint density at radius 2 is 2.00 bits per heavy atom. The molecular formula is C14H21NO2. The number of aliphatic hydroxyl groups excluding tert-OH is 1. The van der Waals surface area contributed by atoms with Crippen molar-refractivity contribution in [1.29, 1.82) is 0 Å². The smallest absolute Gasteiger partial charge is 0.251 e. The van der Waals surface area contributed by atoms with Crippen molar-refractivity contribution in [2.75, 3.05) is 6.61 Å². The number of hydrogen-bond donors (Lipinski definition) is 2. The number of nitrogens with one attached hydrogen (secondary N) is 1. The summed E-state index contributed by atoms with van der Waals surface area (Å²) in [5.74, 6) is -0.0111. The molecule has 0 aliphatic heterocycles. The predicted octanol–water partition coefficient (Wildman–Crippen LogP) is 2.05. The minimum atomic E-state index is -0.0704. The fourth-order valence-electron chi connectivity index (χ4n) is 1.58. The van der Waals surface area contributed by atoms with Crippen molar-refractivity contribution in [3.05, 3.63) is 34.9 Å². The molecule has 94 valence electrons. The highest BCUT2D eigenvalue weighted by Gasteiger charge is 2.16. The topological polar surface area (TPSA) is 49.3 Å². The molecule has 3 heteroatoms. The standard InChI is InChI=1S/C14H21NO2/c1-9-6-5-7-13(11(9)3)14(17)15-12(4)10(2)8-16/h5-7,10,12,16H,8H2,1-4H3,(H,15,17). The monoisotopic (exact) mass is 235 g/mol. The first-order valence-corrected chi connectivity index (χ1v) is 5.95. The number of carbonyl (C=O) groups is 1. The number of aliphatic hydroxyl groups is 1. The lowest BCUT2D eigenvalue weighted by atomic mass is 10.0. The maximum absolute atomic E-state index is 12.1. The van der Waals surface area contributed by atoms with E-state index in [1.54, 1.807) is 0 Å². The summed E-state index contributed by atoms with van der Waals surface area (Å²) in [5, 5.41) is 12.0. The van der Waals surface area contributed by atoms with Gasteiger partial charge in [0.15, 0.2) is 0 Å². The molecule has 1 aromatic rings. The van der Waals surface area contributed by atoms with Gasteiger partial charge in [-0.3, -0.25) is 4.79 Å². The van der Waals surface area contributed by atoms with E-state index in [0.717, 1.165) is 11.1 Å². The molecule has 0 radical (unpaired) electrons. The van der Waals surface area contributed by atoms with Crippen molar-refractivity contribution in [3.8, 4) is 0 Å². The fourth-order valence-corrected chi connectivity index (χ4v) is 1.58. The molecule has 0 bridgehead atoms. The molecule has 1 aromatic carbocycles. The molecule has 0 saturated heterocycles. The molecule has 2 N–H and O–H groups in total. The zero-order valence-corrected chi connectivity index (χ0v) is 10.9. The molecule has 2 atom stereocenters. The Kier molecular flexibility index (Phi) is 4.70. The molecule has 1 rings (SSSR count). The van der Waals surface area contributed by atoms with Gasteiger partial charge in [0.2, 0.25) is 0 Å². The maximum Gasteiger partial charge on any atom is 0.251 e. The molecule has 0 aliphatic rings. The fraction of sp³-hybridized carbons (Fsp3) is 0.500. The number of hydrogen-bond acceptors (Lipinski definition) is 2. The first kappa shape index (κ1) is 13.7. The largest absolute Gasteiger partial charge is 0.396 e. The number of aryl methyl sites for hydroxylation is 1. The van der Waals surface area contributed by atoms with Crippen LogP contribution in [0.1, 0.15) is 35.3 Å². The second kappa shape index (κ2) is 5.82. The summed E-state index contributed by atoms with van der Waals surface area (Å²) in [6.45, 7) is 7.84. The van der Waals surface area contributed by atoms with Crippen LogP contribution in [0.3, 0.4) is 0 Å². The lowest BCUT2D eigenvalue weighted by Gasteiger charge is -2.20. The minimum absolute atomic E-state index is 0.0348. The number of benzene rings is 1. The third-order valence-corrected chi connectivity index (χ3v) is 3.35. The van der Waals surface area contributed by atoms with Gasteiger partial charge in [-0.2, -0.15) is 0 Å². The van der Waals surface area contributed by atoms with Gasteiger partial charge in [0.1, 0.15) is 0 Å². The quantitative estimate of drug-likeness (QED) is 0.839. The molecular weight excluding hydrogens is 214 g/mol. The molecule has 0 heterocycles. The van der Waals surface area contributed by atoms with E-state index in [4.69, 9.17) is 5.11 Å². The Labute approximate surface area is 103 Å². The first-order chi connectivity index (χ1) is 7.97. The van der Waals surface area contributed by atoms with Crippen LogP contribution in [-0.2, 0) is 0 Å². The Morgan fingerprint density at radius 1 is 1.35 bits per heavy atom. The summed E-state index contributed by atoms with van der Waals surface area (Å²) in [5.41, 5.74) is 2.83. The van der Waals surface area contributed by atoms with E-state index in [-0.39, 0.29) is 24.5 Å². The van der Waals surface area contributed by atoms with E-state index in [2.05, 4.69) is 5.32 Å². The van der Waals surface area contributed by atoms with Crippen molar-refractivity contribution in [2.24, 2.45) is 5.92 Å². The summed E-state index contributed by atoms with van der Waals surface area (Å²) in [4.78, 5) is 12.1. The van der Waals surface area contributed by atoms with Gasteiger partial charge in [-0.15, -0.1) is 0 Å². The van der Waals surface area contributed by atoms with Gasteiger partial charge in [0.25, 0.3) is 5.91 Å². The van der Waals surface area contributed by atoms with Crippen molar-refractivity contribution >= 4 is 5.91 Å². The van der Waals surface area contributed by atoms with Gasteiger partial charge in [-0.05, 0) is 43.9 Å². The van der Waals surface area contributed by atoms with Crippen LogP contribution >= 0.6 is 0 Å². The highest BCUT2D eigenvalue weighted by molar-refractivity contribution is 5.96. The van der Waals surface area contributed by atoms with Gasteiger partial charge in [0, 0.05) is 18.2 Å². The average Bonchev–Trinajstić information content (AvgIpc) is 2.31. The van der Waals surface area contributed by atoms with Crippen LogP contribution in [0.2, 0.25) is 0 Å². The van der Waals surface area contributed by atoms with E-state index in [1.807, 2.05) is 45.9 Å². The van der Waals surface area contributed by atoms with Crippen LogP contribution in [0, 0.1) is 19.8 Å². The van der Waals surface area contributed by atoms with Gasteiger partial charge >= 0.3 is 0 Å². The van der Waals surface area contributed by atoms with Crippen LogP contribution in [0.25, 0.3) is 0 Å². The Hall–Kier alpha value is -1.35. The SMILES string of the molecule is Cc1cccc(C(=O)NC(C)C(C)CO)c1C. The van der Waals surface area contributed by atoms with Crippen molar-refractivity contribution in [1.82, 2.24) is 5.32 Å². The Morgan fingerprint density at radius 3 is 2.59 bits per heavy atom. The van der Waals surface area contributed by atoms with Gasteiger partial charge < -0.3 is 10.4 Å². The lowest BCUT2D eigenvalue weighted by Crippen LogP contribution is -2.38. The van der Waals surface area contributed by atoms with Crippen molar-refractivity contribution < 1.29 is 9.90 Å². The van der Waals surface area contributed by atoms with Gasteiger partial charge in [-0.25, -0.2) is 0 Å². The van der Waals surface area contributed by atoms with Crippen LogP contribution in [0.4, 0.5) is 0 Å². The normalized spacial score (nSPS) is 14.2. The molecule has 17 heavy (non-hydrogen) atoms. The highest BCUT2D eigenvalue weighted by atomic mass is 16.3. The zero-order valence-electron chi connectivity index (χ0n) is 10.9. The minimum Gasteiger partial charge on any atom is -0.396 e. The average molecular weight is 235 g/mol. The van der Waals surface area contributed by atoms with Crippen molar-refractivity contribution in [3.63, 3.8) is 0 Å². The van der Waals surface area contributed by atoms with Gasteiger partial charge in [-0.1, -0.05) is 19.1 Å². The number of carbonyl (C=O) groups excluding carboxylic acids is 1. The van der Waals surface area contributed by atoms with E-state index in [1.165, 1.54) is 0 Å². The summed E-state index contributed by atoms with van der Waals surface area (Å²) >= 11 is 0. The summed E-state index contributed by atoms with van der Waals surface area (Å²) < 4.78 is 0.